The molecule has 1 saturated heterocycles. The molecule has 2 aromatic rings. The van der Waals surface area contributed by atoms with Crippen molar-refractivity contribution in [2.45, 2.75) is 93.5 Å². The van der Waals surface area contributed by atoms with E-state index < -0.39 is 32.7 Å². The van der Waals surface area contributed by atoms with E-state index in [0.29, 0.717) is 24.9 Å². The summed E-state index contributed by atoms with van der Waals surface area (Å²) in [6.07, 6.45) is 2.39. The average molecular weight is 550 g/mol. The van der Waals surface area contributed by atoms with E-state index in [-0.39, 0.29) is 24.9 Å². The molecule has 1 heterocycles. The second-order valence-corrected chi connectivity index (χ2v) is 12.6. The fraction of sp³-hybridized carbons (Fsp3) is 0.536. The van der Waals surface area contributed by atoms with Crippen molar-refractivity contribution in [2.75, 3.05) is 6.54 Å². The Morgan fingerprint density at radius 3 is 2.58 bits per heavy atom. The molecule has 38 heavy (non-hydrogen) atoms. The van der Waals surface area contributed by atoms with Crippen LogP contribution < -0.4 is 10.6 Å². The number of hydrogen-bond donors (Lipinski definition) is 2. The molecule has 0 unspecified atom stereocenters. The molecule has 1 saturated carbocycles. The summed E-state index contributed by atoms with van der Waals surface area (Å²) in [5.74, 6) is -0.238. The Labute approximate surface area is 222 Å². The van der Waals surface area contributed by atoms with Crippen LogP contribution in [0.1, 0.15) is 79.7 Å². The van der Waals surface area contributed by atoms with Crippen molar-refractivity contribution in [3.8, 4) is 0 Å². The molecule has 0 aromatic heterocycles. The zero-order valence-electron chi connectivity index (χ0n) is 21.3. The number of carbonyl (C=O) groups is 1. The zero-order valence-corrected chi connectivity index (χ0v) is 22.1. The summed E-state index contributed by atoms with van der Waals surface area (Å²) >= 11 is 0. The van der Waals surface area contributed by atoms with Gasteiger partial charge in [0.05, 0.1) is 16.5 Å². The molecule has 0 radical (unpaired) electrons. The van der Waals surface area contributed by atoms with E-state index in [0.717, 1.165) is 49.9 Å². The summed E-state index contributed by atoms with van der Waals surface area (Å²) in [6, 6.07) is 10.1. The van der Waals surface area contributed by atoms with Gasteiger partial charge < -0.3 is 10.6 Å². The standard InChI is InChI=1S/C28H34F3N3O3S/c29-28(30,31)21-6-4-8-24(16-21)38(36,37)34-14-2-1-7-23(34)17-27(35)33-26-9-3-5-20-15-19(10-13-25(20)26)18-32-22-11-12-22/h4,6,8,10,13,15-16,22-23,26,32H,1-3,5,7,9,11-12,14,17-18H2,(H,33,35)/t23-,26+/m0/s1. The third-order valence-corrected chi connectivity index (χ3v) is 9.74. The van der Waals surface area contributed by atoms with Crippen LogP contribution in [0.25, 0.3) is 0 Å². The second-order valence-electron chi connectivity index (χ2n) is 10.7. The average Bonchev–Trinajstić information content (AvgIpc) is 3.72. The maximum absolute atomic E-state index is 13.4. The summed E-state index contributed by atoms with van der Waals surface area (Å²) < 4.78 is 67.6. The van der Waals surface area contributed by atoms with Crippen LogP contribution in [0.5, 0.6) is 0 Å². The summed E-state index contributed by atoms with van der Waals surface area (Å²) in [5, 5.41) is 6.65. The highest BCUT2D eigenvalue weighted by atomic mass is 32.2. The molecule has 2 aliphatic carbocycles. The molecule has 1 amide bonds. The number of hydrogen-bond acceptors (Lipinski definition) is 4. The van der Waals surface area contributed by atoms with E-state index in [2.05, 4.69) is 28.8 Å². The predicted molar refractivity (Wildman–Crippen MR) is 138 cm³/mol. The third-order valence-electron chi connectivity index (χ3n) is 7.79. The lowest BCUT2D eigenvalue weighted by molar-refractivity contribution is -0.137. The van der Waals surface area contributed by atoms with Crippen LogP contribution in [0.2, 0.25) is 0 Å². The molecule has 2 N–H and O–H groups in total. The first-order valence-electron chi connectivity index (χ1n) is 13.4. The van der Waals surface area contributed by atoms with Crippen molar-refractivity contribution < 1.29 is 26.4 Å². The Morgan fingerprint density at radius 1 is 1.00 bits per heavy atom. The lowest BCUT2D eigenvalue weighted by Gasteiger charge is -2.35. The minimum Gasteiger partial charge on any atom is -0.349 e. The van der Waals surface area contributed by atoms with Gasteiger partial charge in [0, 0.05) is 31.6 Å². The zero-order chi connectivity index (χ0) is 26.9. The van der Waals surface area contributed by atoms with E-state index >= 15 is 0 Å². The Balaban J connectivity index is 1.27. The number of piperidine rings is 1. The quantitative estimate of drug-likeness (QED) is 0.481. The summed E-state index contributed by atoms with van der Waals surface area (Å²) in [6.45, 7) is 1.02. The minimum atomic E-state index is -4.64. The van der Waals surface area contributed by atoms with E-state index in [4.69, 9.17) is 0 Å². The van der Waals surface area contributed by atoms with Crippen LogP contribution in [0.4, 0.5) is 13.2 Å². The molecular formula is C28H34F3N3O3S. The van der Waals surface area contributed by atoms with Gasteiger partial charge in [0.1, 0.15) is 0 Å². The molecular weight excluding hydrogens is 515 g/mol. The number of nitrogens with zero attached hydrogens (tertiary/aromatic N) is 1. The first kappa shape index (κ1) is 27.1. The number of fused-ring (bicyclic) bond motifs is 1. The molecule has 2 aromatic carbocycles. The normalized spacial score (nSPS) is 22.6. The van der Waals surface area contributed by atoms with E-state index in [1.54, 1.807) is 0 Å². The highest BCUT2D eigenvalue weighted by molar-refractivity contribution is 7.89. The Hall–Kier alpha value is -2.43. The van der Waals surface area contributed by atoms with Crippen molar-refractivity contribution in [1.29, 1.82) is 0 Å². The van der Waals surface area contributed by atoms with Crippen molar-refractivity contribution in [1.82, 2.24) is 14.9 Å². The van der Waals surface area contributed by atoms with Gasteiger partial charge in [-0.15, -0.1) is 0 Å². The fourth-order valence-corrected chi connectivity index (χ4v) is 7.35. The SMILES string of the molecule is O=C(C[C@@H]1CCCCN1S(=O)(=O)c1cccc(C(F)(F)F)c1)N[C@@H]1CCCc2cc(CNC3CC3)ccc21. The predicted octanol–water partition coefficient (Wildman–Crippen LogP) is 5.08. The number of rotatable bonds is 8. The van der Waals surface area contributed by atoms with Gasteiger partial charge in [0.25, 0.3) is 0 Å². The number of benzene rings is 2. The van der Waals surface area contributed by atoms with Crippen molar-refractivity contribution >= 4 is 15.9 Å². The molecule has 1 aliphatic heterocycles. The minimum absolute atomic E-state index is 0.0204. The number of aryl methyl sites for hydroxylation is 1. The van der Waals surface area contributed by atoms with Gasteiger partial charge in [-0.1, -0.05) is 30.7 Å². The topological polar surface area (TPSA) is 78.5 Å². The van der Waals surface area contributed by atoms with E-state index in [1.165, 1.54) is 34.3 Å². The van der Waals surface area contributed by atoms with E-state index in [1.807, 2.05) is 0 Å². The molecule has 0 bridgehead atoms. The number of nitrogens with one attached hydrogen (secondary N) is 2. The number of alkyl halides is 3. The fourth-order valence-electron chi connectivity index (χ4n) is 5.61. The highest BCUT2D eigenvalue weighted by Gasteiger charge is 2.37. The van der Waals surface area contributed by atoms with Crippen LogP contribution in [-0.2, 0) is 34.0 Å². The Bertz CT molecular complexity index is 1280. The lowest BCUT2D eigenvalue weighted by Crippen LogP contribution is -2.46. The Morgan fingerprint density at radius 2 is 1.82 bits per heavy atom. The monoisotopic (exact) mass is 549 g/mol. The molecule has 2 atom stereocenters. The first-order chi connectivity index (χ1) is 18.1. The van der Waals surface area contributed by atoms with Crippen LogP contribution in [0.3, 0.4) is 0 Å². The van der Waals surface area contributed by atoms with Crippen molar-refractivity contribution in [2.24, 2.45) is 0 Å². The van der Waals surface area contributed by atoms with Gasteiger partial charge in [-0.3, -0.25) is 4.79 Å². The number of carbonyl (C=O) groups excluding carboxylic acids is 1. The van der Waals surface area contributed by atoms with Gasteiger partial charge >= 0.3 is 6.18 Å². The highest BCUT2D eigenvalue weighted by Crippen LogP contribution is 2.34. The molecule has 5 rings (SSSR count). The maximum atomic E-state index is 13.4. The number of amides is 1. The van der Waals surface area contributed by atoms with Crippen molar-refractivity contribution in [3.05, 3.63) is 64.7 Å². The number of halogens is 3. The van der Waals surface area contributed by atoms with Crippen molar-refractivity contribution in [3.63, 3.8) is 0 Å². The number of sulfonamides is 1. The van der Waals surface area contributed by atoms with Gasteiger partial charge in [-0.25, -0.2) is 8.42 Å². The second kappa shape index (κ2) is 11.0. The first-order valence-corrected chi connectivity index (χ1v) is 14.9. The van der Waals surface area contributed by atoms with Crippen LogP contribution in [-0.4, -0.2) is 37.3 Å². The largest absolute Gasteiger partial charge is 0.416 e. The molecule has 2 fully saturated rings. The van der Waals surface area contributed by atoms with Gasteiger partial charge in [0.15, 0.2) is 0 Å². The molecule has 10 heteroatoms. The molecule has 206 valence electrons. The maximum Gasteiger partial charge on any atom is 0.416 e. The van der Waals surface area contributed by atoms with Gasteiger partial charge in [-0.05, 0) is 79.8 Å². The summed E-state index contributed by atoms with van der Waals surface area (Å²) in [5.41, 5.74) is 2.58. The Kier molecular flexibility index (Phi) is 7.84. The summed E-state index contributed by atoms with van der Waals surface area (Å²) in [7, 11) is -4.19. The van der Waals surface area contributed by atoms with Crippen LogP contribution >= 0.6 is 0 Å². The van der Waals surface area contributed by atoms with Gasteiger partial charge in [0.2, 0.25) is 15.9 Å². The van der Waals surface area contributed by atoms with E-state index in [9.17, 15) is 26.4 Å². The van der Waals surface area contributed by atoms with Crippen LogP contribution in [0, 0.1) is 0 Å². The third kappa shape index (κ3) is 6.24. The lowest BCUT2D eigenvalue weighted by atomic mass is 9.86. The molecule has 6 nitrogen and oxygen atoms in total. The van der Waals surface area contributed by atoms with Gasteiger partial charge in [-0.2, -0.15) is 17.5 Å². The summed E-state index contributed by atoms with van der Waals surface area (Å²) in [4.78, 5) is 12.7. The smallest absolute Gasteiger partial charge is 0.349 e. The van der Waals surface area contributed by atoms with Crippen LogP contribution in [0.15, 0.2) is 47.4 Å². The molecule has 0 spiro atoms. The molecule has 3 aliphatic rings.